The molecule has 0 spiro atoms. The van der Waals surface area contributed by atoms with Gasteiger partial charge in [0, 0.05) is 38.9 Å². The fourth-order valence-corrected chi connectivity index (χ4v) is 9.34. The Bertz CT molecular complexity index is 3120. The van der Waals surface area contributed by atoms with Crippen molar-refractivity contribution in [1.29, 1.82) is 0 Å². The van der Waals surface area contributed by atoms with Gasteiger partial charge >= 0.3 is 0 Å². The molecule has 59 heavy (non-hydrogen) atoms. The number of benzene rings is 9. The molecule has 11 rings (SSSR count). The van der Waals surface area contributed by atoms with Gasteiger partial charge in [0.15, 0.2) is 0 Å². The second kappa shape index (κ2) is 14.7. The first-order valence-electron chi connectivity index (χ1n) is 20.8. The summed E-state index contributed by atoms with van der Waals surface area (Å²) in [4.78, 5) is 2.40. The highest BCUT2D eigenvalue weighted by Crippen LogP contribution is 2.51. The number of nitrogens with zero attached hydrogens (tertiary/aromatic N) is 2. The van der Waals surface area contributed by atoms with Crippen LogP contribution in [0.1, 0.15) is 38.8 Å². The van der Waals surface area contributed by atoms with Gasteiger partial charge in [-0.05, 0) is 122 Å². The molecule has 2 nitrogen and oxygen atoms in total. The second-order valence-electron chi connectivity index (χ2n) is 15.8. The topological polar surface area (TPSA) is 8.17 Å². The van der Waals surface area contributed by atoms with Gasteiger partial charge in [0.2, 0.25) is 0 Å². The number of para-hydroxylation sites is 1. The van der Waals surface area contributed by atoms with E-state index in [0.29, 0.717) is 0 Å². The van der Waals surface area contributed by atoms with E-state index in [1.807, 2.05) is 13.8 Å². The van der Waals surface area contributed by atoms with E-state index in [4.69, 9.17) is 0 Å². The molecule has 0 unspecified atom stereocenters. The van der Waals surface area contributed by atoms with Crippen LogP contribution in [0, 0.1) is 0 Å². The average Bonchev–Trinajstić information content (AvgIpc) is 3.76. The van der Waals surface area contributed by atoms with Gasteiger partial charge in [-0.3, -0.25) is 0 Å². The van der Waals surface area contributed by atoms with E-state index in [1.165, 1.54) is 82.8 Å². The predicted octanol–water partition coefficient (Wildman–Crippen LogP) is 16.1. The molecule has 0 saturated heterocycles. The molecule has 0 saturated carbocycles. The molecule has 0 amide bonds. The Morgan fingerprint density at radius 2 is 0.932 bits per heavy atom. The Labute approximate surface area is 347 Å². The van der Waals surface area contributed by atoms with E-state index in [-0.39, 0.29) is 5.41 Å². The summed E-state index contributed by atoms with van der Waals surface area (Å²) < 4.78 is 2.40. The van der Waals surface area contributed by atoms with Gasteiger partial charge in [0.1, 0.15) is 0 Å². The lowest BCUT2D eigenvalue weighted by molar-refractivity contribution is 0.660. The fourth-order valence-electron chi connectivity index (χ4n) is 9.34. The van der Waals surface area contributed by atoms with E-state index in [0.717, 1.165) is 17.1 Å². The summed E-state index contributed by atoms with van der Waals surface area (Å²) in [6.07, 6.45) is 0. The van der Waals surface area contributed by atoms with Gasteiger partial charge in [-0.2, -0.15) is 0 Å². The first-order valence-corrected chi connectivity index (χ1v) is 20.8. The predicted molar refractivity (Wildman–Crippen MR) is 253 cm³/mol. The lowest BCUT2D eigenvalue weighted by Crippen LogP contribution is -2.16. The summed E-state index contributed by atoms with van der Waals surface area (Å²) in [6.45, 7) is 8.71. The van der Waals surface area contributed by atoms with Crippen molar-refractivity contribution < 1.29 is 0 Å². The van der Waals surface area contributed by atoms with Crippen LogP contribution >= 0.6 is 0 Å². The van der Waals surface area contributed by atoms with Crippen molar-refractivity contribution in [3.63, 3.8) is 0 Å². The number of anilines is 3. The summed E-state index contributed by atoms with van der Waals surface area (Å²) in [7, 11) is 0. The van der Waals surface area contributed by atoms with Crippen molar-refractivity contribution in [3.05, 3.63) is 217 Å². The highest BCUT2D eigenvalue weighted by Gasteiger charge is 2.35. The van der Waals surface area contributed by atoms with Crippen LogP contribution in [0.15, 0.2) is 206 Å². The molecule has 1 aliphatic carbocycles. The molecule has 1 aliphatic rings. The minimum Gasteiger partial charge on any atom is -0.310 e. The number of hydrogen-bond donors (Lipinski definition) is 0. The third-order valence-corrected chi connectivity index (χ3v) is 12.2. The van der Waals surface area contributed by atoms with Gasteiger partial charge < -0.3 is 9.47 Å². The molecule has 284 valence electrons. The quantitative estimate of drug-likeness (QED) is 0.164. The molecule has 2 heteroatoms. The van der Waals surface area contributed by atoms with Crippen molar-refractivity contribution >= 4 is 49.6 Å². The van der Waals surface area contributed by atoms with E-state index in [2.05, 4.69) is 230 Å². The Morgan fingerprint density at radius 1 is 0.390 bits per heavy atom. The molecular weight excluding hydrogens is 713 g/mol. The minimum atomic E-state index is -0.0950. The molecule has 0 N–H and O–H groups in total. The summed E-state index contributed by atoms with van der Waals surface area (Å²) in [5.41, 5.74) is 17.1. The molecule has 0 fully saturated rings. The van der Waals surface area contributed by atoms with Crippen LogP contribution in [0.4, 0.5) is 17.1 Å². The molecule has 10 aromatic rings. The smallest absolute Gasteiger partial charge is 0.0547 e. The normalized spacial score (nSPS) is 12.5. The largest absolute Gasteiger partial charge is 0.310 e. The third-order valence-electron chi connectivity index (χ3n) is 12.2. The van der Waals surface area contributed by atoms with Crippen molar-refractivity contribution in [1.82, 2.24) is 4.57 Å². The van der Waals surface area contributed by atoms with Crippen LogP contribution in [0.2, 0.25) is 0 Å². The maximum Gasteiger partial charge on any atom is 0.0547 e. The molecule has 0 atom stereocenters. The maximum atomic E-state index is 2.41. The summed E-state index contributed by atoms with van der Waals surface area (Å²) in [5, 5.41) is 5.07. The van der Waals surface area contributed by atoms with Crippen molar-refractivity contribution in [3.8, 4) is 39.1 Å². The standard InChI is InChI=1S/C55H40N2.C2H6/c1-55(2)50-20-12-11-19-47(50)48-32-31-45(36-51(48)55)56(43-27-21-38(22-28-43)37-13-5-3-6-14-37)44-29-23-39(24-30-44)41-26-33-52-49(35-41)54-46-18-10-9-15-40(46)25-34-53(54)57(52)42-16-7-4-8-17-42;1-2/h3-36H,1-2H3;1-2H3. The summed E-state index contributed by atoms with van der Waals surface area (Å²) in [5.74, 6) is 0. The van der Waals surface area contributed by atoms with Crippen LogP contribution in [0.3, 0.4) is 0 Å². The molecule has 0 aliphatic heterocycles. The van der Waals surface area contributed by atoms with Gasteiger partial charge in [0.05, 0.1) is 11.0 Å². The van der Waals surface area contributed by atoms with E-state index in [9.17, 15) is 0 Å². The van der Waals surface area contributed by atoms with Crippen molar-refractivity contribution in [2.45, 2.75) is 33.1 Å². The highest BCUT2D eigenvalue weighted by molar-refractivity contribution is 6.21. The van der Waals surface area contributed by atoms with Crippen LogP contribution in [0.5, 0.6) is 0 Å². The lowest BCUT2D eigenvalue weighted by atomic mass is 9.82. The summed E-state index contributed by atoms with van der Waals surface area (Å²) in [6, 6.07) is 75.6. The molecular formula is C57H46N2. The molecule has 0 radical (unpaired) electrons. The van der Waals surface area contributed by atoms with Gasteiger partial charge in [-0.15, -0.1) is 0 Å². The van der Waals surface area contributed by atoms with Crippen LogP contribution in [0.25, 0.3) is 71.6 Å². The van der Waals surface area contributed by atoms with Crippen LogP contribution in [-0.4, -0.2) is 4.57 Å². The molecule has 1 aromatic heterocycles. The van der Waals surface area contributed by atoms with E-state index < -0.39 is 0 Å². The minimum absolute atomic E-state index is 0.0950. The van der Waals surface area contributed by atoms with Gasteiger partial charge in [-0.25, -0.2) is 0 Å². The zero-order chi connectivity index (χ0) is 40.1. The number of aromatic nitrogens is 1. The third kappa shape index (κ3) is 6.03. The molecule has 1 heterocycles. The fraction of sp³-hybridized carbons (Fsp3) is 0.0877. The molecule has 9 aromatic carbocycles. The van der Waals surface area contributed by atoms with E-state index in [1.54, 1.807) is 0 Å². The Kier molecular flexibility index (Phi) is 8.99. The van der Waals surface area contributed by atoms with Crippen LogP contribution < -0.4 is 4.90 Å². The lowest BCUT2D eigenvalue weighted by Gasteiger charge is -2.28. The zero-order valence-corrected chi connectivity index (χ0v) is 34.0. The Hall–Kier alpha value is -7.16. The Balaban J connectivity index is 0.00000207. The SMILES string of the molecule is CC.CC1(C)c2ccccc2-c2ccc(N(c3ccc(-c4ccccc4)cc3)c3ccc(-c4ccc5c(c4)c4c6ccccc6ccc4n5-c4ccccc4)cc3)cc21. The number of rotatable bonds is 6. The van der Waals surface area contributed by atoms with E-state index >= 15 is 0 Å². The first kappa shape index (κ1) is 36.2. The van der Waals surface area contributed by atoms with Crippen molar-refractivity contribution in [2.24, 2.45) is 0 Å². The first-order chi connectivity index (χ1) is 29.0. The Morgan fingerprint density at radius 3 is 1.66 bits per heavy atom. The van der Waals surface area contributed by atoms with Gasteiger partial charge in [0.25, 0.3) is 0 Å². The van der Waals surface area contributed by atoms with Gasteiger partial charge in [-0.1, -0.05) is 167 Å². The number of fused-ring (bicyclic) bond motifs is 8. The monoisotopic (exact) mass is 758 g/mol. The molecule has 0 bridgehead atoms. The van der Waals surface area contributed by atoms with Crippen molar-refractivity contribution in [2.75, 3.05) is 4.90 Å². The average molecular weight is 759 g/mol. The summed E-state index contributed by atoms with van der Waals surface area (Å²) >= 11 is 0. The highest BCUT2D eigenvalue weighted by atomic mass is 15.1. The second-order valence-corrected chi connectivity index (χ2v) is 15.8. The zero-order valence-electron chi connectivity index (χ0n) is 34.0. The maximum absolute atomic E-state index is 2.41. The van der Waals surface area contributed by atoms with Crippen LogP contribution in [-0.2, 0) is 5.41 Å². The number of hydrogen-bond acceptors (Lipinski definition) is 1.